The van der Waals surface area contributed by atoms with Crippen LogP contribution in [0.4, 0.5) is 11.4 Å². The Morgan fingerprint density at radius 3 is 2.47 bits per heavy atom. The fourth-order valence-corrected chi connectivity index (χ4v) is 2.97. The first kappa shape index (κ1) is 14.0. The molecule has 0 aliphatic heterocycles. The molecule has 0 bridgehead atoms. The zero-order chi connectivity index (χ0) is 13.9. The number of hydrogen-bond donors (Lipinski definition) is 3. The number of aromatic nitrogens is 1. The highest BCUT2D eigenvalue weighted by molar-refractivity contribution is 14.1. The maximum atomic E-state index is 12.2. The lowest BCUT2D eigenvalue weighted by molar-refractivity contribution is 0.601. The van der Waals surface area contributed by atoms with Crippen LogP contribution in [-0.2, 0) is 10.0 Å². The molecule has 0 saturated heterocycles. The summed E-state index contributed by atoms with van der Waals surface area (Å²) in [5.41, 5.74) is 3.10. The van der Waals surface area contributed by atoms with Crippen LogP contribution < -0.4 is 16.0 Å². The van der Waals surface area contributed by atoms with Gasteiger partial charge in [0.1, 0.15) is 4.90 Å². The molecule has 100 valence electrons. The number of nitrogens with zero attached hydrogens (tertiary/aromatic N) is 1. The zero-order valence-electron chi connectivity index (χ0n) is 9.67. The van der Waals surface area contributed by atoms with Gasteiger partial charge in [-0.15, -0.1) is 0 Å². The van der Waals surface area contributed by atoms with Crippen molar-refractivity contribution in [1.29, 1.82) is 0 Å². The average Bonchev–Trinajstić information content (AvgIpc) is 2.41. The fraction of sp³-hybridized carbons (Fsp3) is 0. The second kappa shape index (κ2) is 5.72. The van der Waals surface area contributed by atoms with Crippen LogP contribution in [-0.4, -0.2) is 13.4 Å². The molecule has 6 nitrogen and oxygen atoms in total. The molecule has 0 atom stereocenters. The SMILES string of the molecule is NNc1ccncc1S(=O)(=O)Nc1ccc(I)cc1. The molecular weight excluding hydrogens is 379 g/mol. The molecule has 0 fully saturated rings. The number of nitrogens with one attached hydrogen (secondary N) is 2. The van der Waals surface area contributed by atoms with Crippen molar-refractivity contribution in [3.63, 3.8) is 0 Å². The Morgan fingerprint density at radius 1 is 1.16 bits per heavy atom. The Labute approximate surface area is 124 Å². The minimum atomic E-state index is -3.73. The summed E-state index contributed by atoms with van der Waals surface area (Å²) in [5.74, 6) is 5.29. The lowest BCUT2D eigenvalue weighted by atomic mass is 10.3. The molecule has 19 heavy (non-hydrogen) atoms. The molecule has 0 radical (unpaired) electrons. The molecule has 2 aromatic rings. The number of pyridine rings is 1. The lowest BCUT2D eigenvalue weighted by Gasteiger charge is -2.11. The summed E-state index contributed by atoms with van der Waals surface area (Å²) >= 11 is 2.14. The first-order valence-electron chi connectivity index (χ1n) is 5.22. The summed E-state index contributed by atoms with van der Waals surface area (Å²) in [4.78, 5) is 3.80. The van der Waals surface area contributed by atoms with E-state index in [1.54, 1.807) is 12.1 Å². The first-order chi connectivity index (χ1) is 9.03. The summed E-state index contributed by atoms with van der Waals surface area (Å²) in [6.07, 6.45) is 2.70. The predicted molar refractivity (Wildman–Crippen MR) is 82.0 cm³/mol. The Hall–Kier alpha value is -1.39. The second-order valence-corrected chi connectivity index (χ2v) is 6.53. The summed E-state index contributed by atoms with van der Waals surface area (Å²) < 4.78 is 27.9. The molecular formula is C11H11IN4O2S. The van der Waals surface area contributed by atoms with Gasteiger partial charge in [-0.05, 0) is 52.9 Å². The topological polar surface area (TPSA) is 97.1 Å². The number of nitrogen functional groups attached to an aromatic ring is 1. The van der Waals surface area contributed by atoms with Gasteiger partial charge < -0.3 is 5.43 Å². The Balaban J connectivity index is 2.35. The number of benzene rings is 1. The van der Waals surface area contributed by atoms with Crippen molar-refractivity contribution in [3.8, 4) is 0 Å². The van der Waals surface area contributed by atoms with Crippen LogP contribution in [0.3, 0.4) is 0 Å². The molecule has 0 amide bonds. The fourth-order valence-electron chi connectivity index (χ4n) is 1.44. The number of hydrazine groups is 1. The second-order valence-electron chi connectivity index (χ2n) is 3.63. The average molecular weight is 390 g/mol. The van der Waals surface area contributed by atoms with Crippen LogP contribution in [0.15, 0.2) is 47.6 Å². The van der Waals surface area contributed by atoms with Crippen LogP contribution in [0.1, 0.15) is 0 Å². The van der Waals surface area contributed by atoms with E-state index in [0.29, 0.717) is 5.69 Å². The van der Waals surface area contributed by atoms with Crippen LogP contribution >= 0.6 is 22.6 Å². The van der Waals surface area contributed by atoms with Crippen LogP contribution in [0, 0.1) is 3.57 Å². The maximum absolute atomic E-state index is 12.2. The van der Waals surface area contributed by atoms with Gasteiger partial charge in [-0.25, -0.2) is 8.42 Å². The normalized spacial score (nSPS) is 11.1. The van der Waals surface area contributed by atoms with E-state index in [-0.39, 0.29) is 10.6 Å². The molecule has 0 aliphatic carbocycles. The minimum absolute atomic E-state index is 0.00366. The standard InChI is InChI=1S/C11H11IN4O2S/c12-8-1-3-9(4-2-8)16-19(17,18)11-7-14-6-5-10(11)15-13/h1-7,16H,13H2,(H,14,15). The maximum Gasteiger partial charge on any atom is 0.265 e. The molecule has 1 aromatic heterocycles. The van der Waals surface area contributed by atoms with E-state index < -0.39 is 10.0 Å². The molecule has 8 heteroatoms. The largest absolute Gasteiger partial charge is 0.323 e. The number of sulfonamides is 1. The van der Waals surface area contributed by atoms with Gasteiger partial charge in [-0.1, -0.05) is 0 Å². The van der Waals surface area contributed by atoms with Crippen molar-refractivity contribution < 1.29 is 8.42 Å². The predicted octanol–water partition coefficient (Wildman–Crippen LogP) is 1.77. The van der Waals surface area contributed by atoms with E-state index >= 15 is 0 Å². The van der Waals surface area contributed by atoms with Crippen molar-refractivity contribution in [2.45, 2.75) is 4.90 Å². The quantitative estimate of drug-likeness (QED) is 0.420. The number of halogens is 1. The van der Waals surface area contributed by atoms with E-state index in [1.807, 2.05) is 12.1 Å². The van der Waals surface area contributed by atoms with Gasteiger partial charge in [-0.2, -0.15) is 0 Å². The smallest absolute Gasteiger partial charge is 0.265 e. The first-order valence-corrected chi connectivity index (χ1v) is 7.78. The number of rotatable bonds is 4. The summed E-state index contributed by atoms with van der Waals surface area (Å²) in [6.45, 7) is 0. The molecule has 1 aromatic carbocycles. The van der Waals surface area contributed by atoms with E-state index in [1.165, 1.54) is 18.5 Å². The van der Waals surface area contributed by atoms with Gasteiger partial charge in [0.05, 0.1) is 5.69 Å². The van der Waals surface area contributed by atoms with Gasteiger partial charge in [-0.3, -0.25) is 15.5 Å². The van der Waals surface area contributed by atoms with Gasteiger partial charge >= 0.3 is 0 Å². The number of anilines is 2. The monoisotopic (exact) mass is 390 g/mol. The van der Waals surface area contributed by atoms with Crippen LogP contribution in [0.2, 0.25) is 0 Å². The highest BCUT2D eigenvalue weighted by Crippen LogP contribution is 2.22. The molecule has 0 aliphatic rings. The van der Waals surface area contributed by atoms with Crippen LogP contribution in [0.25, 0.3) is 0 Å². The van der Waals surface area contributed by atoms with Crippen LogP contribution in [0.5, 0.6) is 0 Å². The molecule has 2 rings (SSSR count). The zero-order valence-corrected chi connectivity index (χ0v) is 12.6. The summed E-state index contributed by atoms with van der Waals surface area (Å²) in [7, 11) is -3.73. The molecule has 4 N–H and O–H groups in total. The Kier molecular flexibility index (Phi) is 4.22. The van der Waals surface area contributed by atoms with Crippen molar-refractivity contribution in [3.05, 3.63) is 46.3 Å². The highest BCUT2D eigenvalue weighted by Gasteiger charge is 2.18. The van der Waals surface area contributed by atoms with E-state index in [0.717, 1.165) is 3.57 Å². The van der Waals surface area contributed by atoms with Gasteiger partial charge in [0.15, 0.2) is 0 Å². The van der Waals surface area contributed by atoms with Gasteiger partial charge in [0, 0.05) is 21.7 Å². The van der Waals surface area contributed by atoms with Gasteiger partial charge in [0.2, 0.25) is 0 Å². The van der Waals surface area contributed by atoms with E-state index in [4.69, 9.17) is 5.84 Å². The highest BCUT2D eigenvalue weighted by atomic mass is 127. The Morgan fingerprint density at radius 2 is 1.84 bits per heavy atom. The van der Waals surface area contributed by atoms with Gasteiger partial charge in [0.25, 0.3) is 10.0 Å². The van der Waals surface area contributed by atoms with Crippen molar-refractivity contribution in [2.75, 3.05) is 10.1 Å². The number of nitrogens with two attached hydrogens (primary N) is 1. The lowest BCUT2D eigenvalue weighted by Crippen LogP contribution is -2.17. The molecule has 0 unspecified atom stereocenters. The number of hydrogen-bond acceptors (Lipinski definition) is 5. The van der Waals surface area contributed by atoms with E-state index in [2.05, 4.69) is 37.7 Å². The third-order valence-electron chi connectivity index (χ3n) is 2.33. The van der Waals surface area contributed by atoms with Crippen molar-refractivity contribution in [2.24, 2.45) is 5.84 Å². The molecule has 1 heterocycles. The summed E-state index contributed by atoms with van der Waals surface area (Å²) in [6, 6.07) is 8.48. The van der Waals surface area contributed by atoms with E-state index in [9.17, 15) is 8.42 Å². The summed E-state index contributed by atoms with van der Waals surface area (Å²) in [5, 5.41) is 0. The molecule has 0 spiro atoms. The minimum Gasteiger partial charge on any atom is -0.323 e. The molecule has 0 saturated carbocycles. The van der Waals surface area contributed by atoms with Crippen molar-refractivity contribution >= 4 is 44.0 Å². The Bertz CT molecular complexity index is 673. The van der Waals surface area contributed by atoms with Crippen molar-refractivity contribution in [1.82, 2.24) is 4.98 Å². The third-order valence-corrected chi connectivity index (χ3v) is 4.45. The third kappa shape index (κ3) is 3.33.